The molecule has 0 amide bonds. The minimum Gasteiger partial charge on any atom is -0.375 e. The average Bonchev–Trinajstić information content (AvgIpc) is 2.55. The van der Waals surface area contributed by atoms with Crippen molar-refractivity contribution in [2.24, 2.45) is 0 Å². The SMILES string of the molecule is CNS(=O)(=O)c1ccc(N2CC[C@H]3OCCN(C)[C@@H]3C2)c(F)c1. The molecule has 0 radical (unpaired) electrons. The highest BCUT2D eigenvalue weighted by molar-refractivity contribution is 7.89. The number of nitrogens with zero attached hydrogens (tertiary/aromatic N) is 2. The summed E-state index contributed by atoms with van der Waals surface area (Å²) in [5, 5.41) is 0. The Morgan fingerprint density at radius 2 is 2.13 bits per heavy atom. The Morgan fingerprint density at radius 3 is 2.83 bits per heavy atom. The molecule has 0 aliphatic carbocycles. The van der Waals surface area contributed by atoms with Crippen LogP contribution in [-0.2, 0) is 14.8 Å². The van der Waals surface area contributed by atoms with Crippen LogP contribution in [0.2, 0.25) is 0 Å². The number of hydrogen-bond donors (Lipinski definition) is 1. The number of morpholine rings is 1. The van der Waals surface area contributed by atoms with Crippen molar-refractivity contribution in [3.05, 3.63) is 24.0 Å². The van der Waals surface area contributed by atoms with Crippen molar-refractivity contribution < 1.29 is 17.5 Å². The Morgan fingerprint density at radius 1 is 1.35 bits per heavy atom. The molecule has 8 heteroatoms. The zero-order chi connectivity index (χ0) is 16.6. The monoisotopic (exact) mass is 343 g/mol. The van der Waals surface area contributed by atoms with Crippen molar-refractivity contribution >= 4 is 15.7 Å². The van der Waals surface area contributed by atoms with Gasteiger partial charge >= 0.3 is 0 Å². The number of ether oxygens (including phenoxy) is 1. The van der Waals surface area contributed by atoms with Crippen molar-refractivity contribution in [2.75, 3.05) is 45.2 Å². The molecule has 1 N–H and O–H groups in total. The maximum Gasteiger partial charge on any atom is 0.240 e. The molecule has 0 aromatic heterocycles. The molecule has 0 bridgehead atoms. The fraction of sp³-hybridized carbons (Fsp3) is 0.600. The Bertz CT molecular complexity index is 683. The topological polar surface area (TPSA) is 61.9 Å². The summed E-state index contributed by atoms with van der Waals surface area (Å²) in [5.41, 5.74) is 0.442. The van der Waals surface area contributed by atoms with Gasteiger partial charge in [0.2, 0.25) is 10.0 Å². The lowest BCUT2D eigenvalue weighted by Crippen LogP contribution is -2.58. The molecule has 2 fully saturated rings. The van der Waals surface area contributed by atoms with Crippen molar-refractivity contribution in [1.82, 2.24) is 9.62 Å². The van der Waals surface area contributed by atoms with Crippen LogP contribution in [0.3, 0.4) is 0 Å². The van der Waals surface area contributed by atoms with Crippen LogP contribution in [0.5, 0.6) is 0 Å². The molecule has 2 atom stereocenters. The van der Waals surface area contributed by atoms with Gasteiger partial charge in [0.05, 0.1) is 29.3 Å². The molecule has 0 spiro atoms. The Balaban J connectivity index is 1.82. The van der Waals surface area contributed by atoms with Crippen molar-refractivity contribution in [3.63, 3.8) is 0 Å². The molecule has 2 aliphatic rings. The molecule has 2 aliphatic heterocycles. The zero-order valence-electron chi connectivity index (χ0n) is 13.3. The first-order chi connectivity index (χ1) is 10.9. The minimum absolute atomic E-state index is 0.0609. The van der Waals surface area contributed by atoms with Gasteiger partial charge in [-0.15, -0.1) is 0 Å². The van der Waals surface area contributed by atoms with Gasteiger partial charge in [-0.3, -0.25) is 4.90 Å². The lowest BCUT2D eigenvalue weighted by atomic mass is 9.98. The van der Waals surface area contributed by atoms with Gasteiger partial charge in [0.25, 0.3) is 0 Å². The van der Waals surface area contributed by atoms with Crippen LogP contribution in [0.1, 0.15) is 6.42 Å². The van der Waals surface area contributed by atoms with Crippen LogP contribution in [0.15, 0.2) is 23.1 Å². The second kappa shape index (κ2) is 6.35. The first kappa shape index (κ1) is 16.6. The van der Waals surface area contributed by atoms with Crippen molar-refractivity contribution in [2.45, 2.75) is 23.5 Å². The second-order valence-corrected chi connectivity index (χ2v) is 7.90. The van der Waals surface area contributed by atoms with Crippen molar-refractivity contribution in [3.8, 4) is 0 Å². The Hall–Kier alpha value is -1.22. The largest absolute Gasteiger partial charge is 0.375 e. The molecule has 2 saturated heterocycles. The second-order valence-electron chi connectivity index (χ2n) is 6.01. The normalized spacial score (nSPS) is 26.1. The number of rotatable bonds is 3. The predicted molar refractivity (Wildman–Crippen MR) is 85.6 cm³/mol. The number of fused-ring (bicyclic) bond motifs is 1. The lowest BCUT2D eigenvalue weighted by molar-refractivity contribution is -0.0687. The molecular weight excluding hydrogens is 321 g/mol. The fourth-order valence-corrected chi connectivity index (χ4v) is 4.03. The van der Waals surface area contributed by atoms with E-state index in [1.54, 1.807) is 6.07 Å². The summed E-state index contributed by atoms with van der Waals surface area (Å²) >= 11 is 0. The number of piperidine rings is 1. The van der Waals surface area contributed by atoms with Crippen LogP contribution in [-0.4, -0.2) is 65.8 Å². The van der Waals surface area contributed by atoms with Crippen LogP contribution in [0.25, 0.3) is 0 Å². The van der Waals surface area contributed by atoms with E-state index >= 15 is 0 Å². The van der Waals surface area contributed by atoms with Gasteiger partial charge in [-0.25, -0.2) is 17.5 Å². The number of anilines is 1. The van der Waals surface area contributed by atoms with Crippen LogP contribution >= 0.6 is 0 Å². The van der Waals surface area contributed by atoms with E-state index in [0.717, 1.165) is 25.6 Å². The van der Waals surface area contributed by atoms with E-state index in [1.807, 2.05) is 4.90 Å². The van der Waals surface area contributed by atoms with Crippen LogP contribution in [0.4, 0.5) is 10.1 Å². The van der Waals surface area contributed by atoms with Crippen LogP contribution in [0, 0.1) is 5.82 Å². The number of sulfonamides is 1. The zero-order valence-corrected chi connectivity index (χ0v) is 14.1. The number of halogens is 1. The smallest absolute Gasteiger partial charge is 0.240 e. The van der Waals surface area contributed by atoms with Gasteiger partial charge in [-0.05, 0) is 38.7 Å². The lowest BCUT2D eigenvalue weighted by Gasteiger charge is -2.46. The highest BCUT2D eigenvalue weighted by Crippen LogP contribution is 2.29. The maximum atomic E-state index is 14.4. The summed E-state index contributed by atoms with van der Waals surface area (Å²) in [6.45, 7) is 2.99. The number of nitrogens with one attached hydrogen (secondary N) is 1. The molecule has 1 aromatic carbocycles. The number of likely N-dealkylation sites (N-methyl/N-ethyl adjacent to an activating group) is 1. The molecule has 2 heterocycles. The summed E-state index contributed by atoms with van der Waals surface area (Å²) < 4.78 is 45.9. The highest BCUT2D eigenvalue weighted by Gasteiger charge is 2.36. The van der Waals surface area contributed by atoms with E-state index in [4.69, 9.17) is 4.74 Å². The van der Waals surface area contributed by atoms with E-state index in [9.17, 15) is 12.8 Å². The van der Waals surface area contributed by atoms with E-state index < -0.39 is 15.8 Å². The summed E-state index contributed by atoms with van der Waals surface area (Å²) in [4.78, 5) is 4.16. The third-order valence-electron chi connectivity index (χ3n) is 4.70. The third-order valence-corrected chi connectivity index (χ3v) is 6.11. The summed E-state index contributed by atoms with van der Waals surface area (Å²) in [5.74, 6) is -0.515. The number of hydrogen-bond acceptors (Lipinski definition) is 5. The average molecular weight is 343 g/mol. The van der Waals surface area contributed by atoms with Gasteiger partial charge in [0, 0.05) is 19.6 Å². The summed E-state index contributed by atoms with van der Waals surface area (Å²) in [7, 11) is -0.264. The first-order valence-electron chi connectivity index (χ1n) is 7.72. The van der Waals surface area contributed by atoms with E-state index in [2.05, 4.69) is 16.7 Å². The molecule has 128 valence electrons. The van der Waals surface area contributed by atoms with E-state index in [-0.39, 0.29) is 17.0 Å². The van der Waals surface area contributed by atoms with Gasteiger partial charge in [0.1, 0.15) is 5.82 Å². The quantitative estimate of drug-likeness (QED) is 0.873. The molecule has 0 saturated carbocycles. The minimum atomic E-state index is -3.63. The van der Waals surface area contributed by atoms with E-state index in [0.29, 0.717) is 18.8 Å². The molecular formula is C15H22FN3O3S. The van der Waals surface area contributed by atoms with Gasteiger partial charge in [-0.2, -0.15) is 0 Å². The Kier molecular flexibility index (Phi) is 4.59. The predicted octanol–water partition coefficient (Wildman–Crippen LogP) is 0.643. The van der Waals surface area contributed by atoms with Crippen molar-refractivity contribution in [1.29, 1.82) is 0 Å². The van der Waals surface area contributed by atoms with Gasteiger partial charge < -0.3 is 9.64 Å². The van der Waals surface area contributed by atoms with Crippen LogP contribution < -0.4 is 9.62 Å². The third kappa shape index (κ3) is 3.21. The standard InChI is InChI=1S/C15H22FN3O3S/c1-17-23(20,21)11-3-4-13(12(16)9-11)19-6-5-15-14(10-19)18(2)7-8-22-15/h3-4,9,14-15,17H,5-8,10H2,1-2H3/t14-,15-/m1/s1. The van der Waals surface area contributed by atoms with Gasteiger partial charge in [0.15, 0.2) is 0 Å². The maximum absolute atomic E-state index is 14.4. The molecule has 3 rings (SSSR count). The first-order valence-corrected chi connectivity index (χ1v) is 9.20. The molecule has 23 heavy (non-hydrogen) atoms. The van der Waals surface area contributed by atoms with E-state index in [1.165, 1.54) is 13.1 Å². The van der Waals surface area contributed by atoms with Gasteiger partial charge in [-0.1, -0.05) is 0 Å². The highest BCUT2D eigenvalue weighted by atomic mass is 32.2. The Labute approximate surface area is 136 Å². The fourth-order valence-electron chi connectivity index (χ4n) is 3.29. The number of benzene rings is 1. The summed E-state index contributed by atoms with van der Waals surface area (Å²) in [6, 6.07) is 4.30. The summed E-state index contributed by atoms with van der Waals surface area (Å²) in [6.07, 6.45) is 1.03. The molecule has 0 unspecified atom stereocenters. The molecule has 1 aromatic rings. The molecule has 6 nitrogen and oxygen atoms in total.